The predicted octanol–water partition coefficient (Wildman–Crippen LogP) is 1.43. The molecule has 15 heavy (non-hydrogen) atoms. The summed E-state index contributed by atoms with van der Waals surface area (Å²) < 4.78 is 5.01. The van der Waals surface area contributed by atoms with Crippen LogP contribution in [0.3, 0.4) is 0 Å². The first-order chi connectivity index (χ1) is 7.24. The van der Waals surface area contributed by atoms with E-state index >= 15 is 0 Å². The van der Waals surface area contributed by atoms with Crippen LogP contribution in [-0.2, 0) is 6.54 Å². The molecule has 0 spiro atoms. The Hall–Kier alpha value is -1.69. The fourth-order valence-electron chi connectivity index (χ4n) is 1.04. The smallest absolute Gasteiger partial charge is 0.244 e. The van der Waals surface area contributed by atoms with Crippen LogP contribution in [-0.4, -0.2) is 20.3 Å². The molecule has 0 radical (unpaired) electrons. The standard InChI is InChI=1S/C8H8ClN5O/c1-5-2-6(15-14-5)3-10-7-4-11-13-8(9)12-7/h2,4H,3H2,1H3,(H,10,12,13). The van der Waals surface area contributed by atoms with Crippen molar-refractivity contribution in [2.45, 2.75) is 13.5 Å². The maximum Gasteiger partial charge on any atom is 0.244 e. The molecule has 0 saturated heterocycles. The summed E-state index contributed by atoms with van der Waals surface area (Å²) in [5.74, 6) is 1.27. The van der Waals surface area contributed by atoms with Crippen LogP contribution in [0.5, 0.6) is 0 Å². The Kier molecular flexibility index (Phi) is 2.77. The molecule has 0 saturated carbocycles. The number of aryl methyl sites for hydroxylation is 1. The normalized spacial score (nSPS) is 10.3. The van der Waals surface area contributed by atoms with Gasteiger partial charge in [-0.1, -0.05) is 5.16 Å². The van der Waals surface area contributed by atoms with E-state index in [9.17, 15) is 0 Å². The number of nitrogens with zero attached hydrogens (tertiary/aromatic N) is 4. The van der Waals surface area contributed by atoms with Crippen molar-refractivity contribution in [3.63, 3.8) is 0 Å². The third-order valence-corrected chi connectivity index (χ3v) is 1.81. The van der Waals surface area contributed by atoms with Gasteiger partial charge in [0.1, 0.15) is 5.82 Å². The number of aromatic nitrogens is 4. The Balaban J connectivity index is 1.99. The van der Waals surface area contributed by atoms with Gasteiger partial charge in [0, 0.05) is 6.07 Å². The molecule has 0 atom stereocenters. The van der Waals surface area contributed by atoms with Crippen molar-refractivity contribution in [2.75, 3.05) is 5.32 Å². The molecular formula is C8H8ClN5O. The molecule has 6 nitrogen and oxygen atoms in total. The fourth-order valence-corrected chi connectivity index (χ4v) is 1.18. The lowest BCUT2D eigenvalue weighted by atomic mass is 10.4. The van der Waals surface area contributed by atoms with Crippen molar-refractivity contribution in [1.82, 2.24) is 20.3 Å². The summed E-state index contributed by atoms with van der Waals surface area (Å²) in [5.41, 5.74) is 0.839. The molecular weight excluding hydrogens is 218 g/mol. The van der Waals surface area contributed by atoms with Crippen LogP contribution in [0.2, 0.25) is 5.28 Å². The van der Waals surface area contributed by atoms with Gasteiger partial charge in [0.25, 0.3) is 0 Å². The van der Waals surface area contributed by atoms with Crippen LogP contribution in [0.4, 0.5) is 5.82 Å². The van der Waals surface area contributed by atoms with E-state index in [0.29, 0.717) is 12.4 Å². The Morgan fingerprint density at radius 2 is 2.40 bits per heavy atom. The summed E-state index contributed by atoms with van der Waals surface area (Å²) in [5, 5.41) is 14.0. The Bertz CT molecular complexity index is 458. The van der Waals surface area contributed by atoms with Crippen LogP contribution in [0, 0.1) is 6.92 Å². The SMILES string of the molecule is Cc1cc(CNc2cnnc(Cl)n2)on1. The first kappa shape index (κ1) is 9.85. The largest absolute Gasteiger partial charge is 0.361 e. The molecule has 2 heterocycles. The summed E-state index contributed by atoms with van der Waals surface area (Å²) in [6, 6.07) is 1.84. The molecule has 0 aliphatic rings. The predicted molar refractivity (Wildman–Crippen MR) is 53.4 cm³/mol. The number of halogens is 1. The molecule has 78 valence electrons. The molecule has 1 N–H and O–H groups in total. The van der Waals surface area contributed by atoms with E-state index in [2.05, 4.69) is 25.7 Å². The number of hydrogen-bond donors (Lipinski definition) is 1. The molecule has 2 aromatic rings. The maximum absolute atomic E-state index is 5.57. The van der Waals surface area contributed by atoms with Crippen molar-refractivity contribution in [2.24, 2.45) is 0 Å². The molecule has 0 aliphatic carbocycles. The van der Waals surface area contributed by atoms with E-state index in [-0.39, 0.29) is 5.28 Å². The van der Waals surface area contributed by atoms with Crippen LogP contribution in [0.1, 0.15) is 11.5 Å². The zero-order valence-corrected chi connectivity index (χ0v) is 8.69. The van der Waals surface area contributed by atoms with E-state index in [1.807, 2.05) is 13.0 Å². The monoisotopic (exact) mass is 225 g/mol. The maximum atomic E-state index is 5.57. The molecule has 0 aromatic carbocycles. The summed E-state index contributed by atoms with van der Waals surface area (Å²) in [7, 11) is 0. The second-order valence-corrected chi connectivity index (χ2v) is 3.24. The van der Waals surface area contributed by atoms with E-state index in [1.54, 1.807) is 0 Å². The fraction of sp³-hybridized carbons (Fsp3) is 0.250. The minimum Gasteiger partial charge on any atom is -0.361 e. The van der Waals surface area contributed by atoms with Gasteiger partial charge in [-0.15, -0.1) is 5.10 Å². The number of rotatable bonds is 3. The lowest BCUT2D eigenvalue weighted by Gasteiger charge is -2.00. The molecule has 2 aromatic heterocycles. The molecule has 2 rings (SSSR count). The number of hydrogen-bond acceptors (Lipinski definition) is 6. The van der Waals surface area contributed by atoms with Gasteiger partial charge in [0.05, 0.1) is 18.4 Å². The van der Waals surface area contributed by atoms with Crippen LogP contribution >= 0.6 is 11.6 Å². The molecule has 0 fully saturated rings. The van der Waals surface area contributed by atoms with E-state index in [1.165, 1.54) is 6.20 Å². The van der Waals surface area contributed by atoms with Crippen molar-refractivity contribution < 1.29 is 4.52 Å². The zero-order valence-electron chi connectivity index (χ0n) is 7.94. The highest BCUT2D eigenvalue weighted by Crippen LogP contribution is 2.07. The lowest BCUT2D eigenvalue weighted by molar-refractivity contribution is 0.384. The summed E-state index contributed by atoms with van der Waals surface area (Å²) in [4.78, 5) is 3.91. The van der Waals surface area contributed by atoms with Gasteiger partial charge in [0.15, 0.2) is 5.76 Å². The van der Waals surface area contributed by atoms with Crippen molar-refractivity contribution >= 4 is 17.4 Å². The Morgan fingerprint density at radius 1 is 1.53 bits per heavy atom. The van der Waals surface area contributed by atoms with Crippen LogP contribution in [0.25, 0.3) is 0 Å². The summed E-state index contributed by atoms with van der Waals surface area (Å²) in [6.45, 7) is 2.34. The van der Waals surface area contributed by atoms with Gasteiger partial charge in [-0.25, -0.2) is 0 Å². The molecule has 0 aliphatic heterocycles. The van der Waals surface area contributed by atoms with E-state index < -0.39 is 0 Å². The Morgan fingerprint density at radius 3 is 3.07 bits per heavy atom. The first-order valence-corrected chi connectivity index (χ1v) is 4.63. The highest BCUT2D eigenvalue weighted by atomic mass is 35.5. The zero-order chi connectivity index (χ0) is 10.7. The highest BCUT2D eigenvalue weighted by molar-refractivity contribution is 6.28. The minimum atomic E-state index is 0.105. The van der Waals surface area contributed by atoms with Gasteiger partial charge in [-0.3, -0.25) is 0 Å². The van der Waals surface area contributed by atoms with Gasteiger partial charge in [-0.05, 0) is 18.5 Å². The molecule has 0 unspecified atom stereocenters. The summed E-state index contributed by atoms with van der Waals surface area (Å²) >= 11 is 5.57. The molecule has 0 bridgehead atoms. The van der Waals surface area contributed by atoms with Gasteiger partial charge < -0.3 is 9.84 Å². The van der Waals surface area contributed by atoms with Crippen LogP contribution in [0.15, 0.2) is 16.8 Å². The average Bonchev–Trinajstić information content (AvgIpc) is 2.62. The molecule has 0 amide bonds. The number of nitrogens with one attached hydrogen (secondary N) is 1. The third kappa shape index (κ3) is 2.63. The van der Waals surface area contributed by atoms with Gasteiger partial charge in [-0.2, -0.15) is 10.1 Å². The average molecular weight is 226 g/mol. The summed E-state index contributed by atoms with van der Waals surface area (Å²) in [6.07, 6.45) is 1.48. The van der Waals surface area contributed by atoms with Crippen molar-refractivity contribution in [3.05, 3.63) is 29.0 Å². The topological polar surface area (TPSA) is 76.7 Å². The first-order valence-electron chi connectivity index (χ1n) is 4.25. The second-order valence-electron chi connectivity index (χ2n) is 2.90. The third-order valence-electron chi connectivity index (χ3n) is 1.65. The Labute approximate surface area is 90.7 Å². The van der Waals surface area contributed by atoms with Crippen molar-refractivity contribution in [1.29, 1.82) is 0 Å². The van der Waals surface area contributed by atoms with Crippen molar-refractivity contribution in [3.8, 4) is 0 Å². The second kappa shape index (κ2) is 4.22. The van der Waals surface area contributed by atoms with E-state index in [4.69, 9.17) is 16.1 Å². The molecule has 7 heteroatoms. The van der Waals surface area contributed by atoms with Crippen LogP contribution < -0.4 is 5.32 Å². The van der Waals surface area contributed by atoms with E-state index in [0.717, 1.165) is 11.5 Å². The quantitative estimate of drug-likeness (QED) is 0.852. The van der Waals surface area contributed by atoms with Gasteiger partial charge >= 0.3 is 0 Å². The highest BCUT2D eigenvalue weighted by Gasteiger charge is 2.01. The lowest BCUT2D eigenvalue weighted by Crippen LogP contribution is -2.01. The number of anilines is 1. The minimum absolute atomic E-state index is 0.105. The van der Waals surface area contributed by atoms with Gasteiger partial charge in [0.2, 0.25) is 5.28 Å².